The van der Waals surface area contributed by atoms with Crippen LogP contribution in [-0.2, 0) is 0 Å². The number of fused-ring (bicyclic) bond motifs is 3. The summed E-state index contributed by atoms with van der Waals surface area (Å²) < 4.78 is 2.52. The van der Waals surface area contributed by atoms with Gasteiger partial charge in [0.2, 0.25) is 0 Å². The van der Waals surface area contributed by atoms with Crippen LogP contribution in [0.1, 0.15) is 17.1 Å². The molecule has 16 heavy (non-hydrogen) atoms. The summed E-state index contributed by atoms with van der Waals surface area (Å²) in [5, 5.41) is 1.25. The van der Waals surface area contributed by atoms with Crippen molar-refractivity contribution in [1.82, 2.24) is 9.97 Å². The van der Waals surface area contributed by atoms with Crippen LogP contribution >= 0.6 is 11.3 Å². The molecule has 1 aromatic carbocycles. The number of aryl methyl sites for hydroxylation is 3. The second-order valence-electron chi connectivity index (χ2n) is 4.14. The van der Waals surface area contributed by atoms with Gasteiger partial charge in [-0.3, -0.25) is 0 Å². The van der Waals surface area contributed by atoms with Crippen LogP contribution in [0.25, 0.3) is 20.3 Å². The molecule has 0 aliphatic rings. The van der Waals surface area contributed by atoms with E-state index in [4.69, 9.17) is 0 Å². The fourth-order valence-electron chi connectivity index (χ4n) is 2.03. The van der Waals surface area contributed by atoms with Crippen molar-refractivity contribution in [2.24, 2.45) is 0 Å². The third-order valence-corrected chi connectivity index (χ3v) is 4.00. The van der Waals surface area contributed by atoms with Gasteiger partial charge in [-0.05, 0) is 32.4 Å². The number of thiophene rings is 1. The van der Waals surface area contributed by atoms with Crippen LogP contribution < -0.4 is 0 Å². The number of aromatic nitrogens is 2. The highest BCUT2D eigenvalue weighted by atomic mass is 32.1. The van der Waals surface area contributed by atoms with Crippen LogP contribution in [-0.4, -0.2) is 9.97 Å². The SMILES string of the molecule is Cc1ccc2c(c1)sc1c(C)nc(C)nc12. The van der Waals surface area contributed by atoms with Gasteiger partial charge in [-0.15, -0.1) is 11.3 Å². The van der Waals surface area contributed by atoms with Gasteiger partial charge in [0.25, 0.3) is 0 Å². The first-order chi connectivity index (χ1) is 7.65. The Morgan fingerprint density at radius 1 is 1.06 bits per heavy atom. The quantitative estimate of drug-likeness (QED) is 0.585. The maximum atomic E-state index is 4.55. The minimum absolute atomic E-state index is 0.852. The van der Waals surface area contributed by atoms with Crippen LogP contribution in [0.2, 0.25) is 0 Å². The average Bonchev–Trinajstić information content (AvgIpc) is 2.56. The van der Waals surface area contributed by atoms with Crippen LogP contribution in [0, 0.1) is 20.8 Å². The molecule has 0 atom stereocenters. The highest BCUT2D eigenvalue weighted by Crippen LogP contribution is 2.34. The van der Waals surface area contributed by atoms with Gasteiger partial charge >= 0.3 is 0 Å². The zero-order valence-electron chi connectivity index (χ0n) is 9.53. The van der Waals surface area contributed by atoms with E-state index in [0.717, 1.165) is 17.0 Å². The minimum Gasteiger partial charge on any atom is -0.237 e. The molecule has 3 heteroatoms. The summed E-state index contributed by atoms with van der Waals surface area (Å²) in [7, 11) is 0. The zero-order chi connectivity index (χ0) is 11.3. The Kier molecular flexibility index (Phi) is 1.98. The van der Waals surface area contributed by atoms with Gasteiger partial charge in [0.15, 0.2) is 0 Å². The summed E-state index contributed by atoms with van der Waals surface area (Å²) in [4.78, 5) is 8.97. The Balaban J connectivity index is 2.55. The van der Waals surface area contributed by atoms with Gasteiger partial charge in [0, 0.05) is 10.1 Å². The Bertz CT molecular complexity index is 698. The van der Waals surface area contributed by atoms with E-state index >= 15 is 0 Å². The van der Waals surface area contributed by atoms with Crippen molar-refractivity contribution in [1.29, 1.82) is 0 Å². The third kappa shape index (κ3) is 1.32. The number of hydrogen-bond donors (Lipinski definition) is 0. The average molecular weight is 228 g/mol. The van der Waals surface area contributed by atoms with Crippen molar-refractivity contribution >= 4 is 31.6 Å². The molecule has 2 heterocycles. The van der Waals surface area contributed by atoms with Crippen LogP contribution in [0.4, 0.5) is 0 Å². The summed E-state index contributed by atoms with van der Waals surface area (Å²) in [5.41, 5.74) is 3.48. The fourth-order valence-corrected chi connectivity index (χ4v) is 3.21. The predicted octanol–water partition coefficient (Wildman–Crippen LogP) is 3.77. The maximum Gasteiger partial charge on any atom is 0.126 e. The zero-order valence-corrected chi connectivity index (χ0v) is 10.4. The second kappa shape index (κ2) is 3.25. The molecule has 0 unspecified atom stereocenters. The van der Waals surface area contributed by atoms with Gasteiger partial charge in [0.1, 0.15) is 5.82 Å². The maximum absolute atomic E-state index is 4.55. The van der Waals surface area contributed by atoms with E-state index < -0.39 is 0 Å². The van der Waals surface area contributed by atoms with Crippen LogP contribution in [0.3, 0.4) is 0 Å². The molecule has 0 aliphatic heterocycles. The number of benzene rings is 1. The molecule has 0 amide bonds. The van der Waals surface area contributed by atoms with Gasteiger partial charge in [-0.25, -0.2) is 9.97 Å². The Labute approximate surface area is 98.0 Å². The molecule has 2 nitrogen and oxygen atoms in total. The molecule has 2 aromatic heterocycles. The highest BCUT2D eigenvalue weighted by Gasteiger charge is 2.09. The molecule has 0 N–H and O–H groups in total. The first-order valence-corrected chi connectivity index (χ1v) is 6.11. The molecule has 0 fully saturated rings. The molecule has 0 bridgehead atoms. The molecular formula is C13H12N2S. The van der Waals surface area contributed by atoms with E-state index in [9.17, 15) is 0 Å². The van der Waals surface area contributed by atoms with Crippen LogP contribution in [0.5, 0.6) is 0 Å². The van der Waals surface area contributed by atoms with E-state index in [1.165, 1.54) is 20.3 Å². The minimum atomic E-state index is 0.852. The number of hydrogen-bond acceptors (Lipinski definition) is 3. The van der Waals surface area contributed by atoms with Crippen molar-refractivity contribution in [3.05, 3.63) is 35.3 Å². The Morgan fingerprint density at radius 2 is 1.88 bits per heavy atom. The largest absolute Gasteiger partial charge is 0.237 e. The van der Waals surface area contributed by atoms with E-state index in [1.54, 1.807) is 11.3 Å². The molecule has 0 saturated carbocycles. The molecular weight excluding hydrogens is 216 g/mol. The summed E-state index contributed by atoms with van der Waals surface area (Å²) in [6.07, 6.45) is 0. The Hall–Kier alpha value is -1.48. The lowest BCUT2D eigenvalue weighted by molar-refractivity contribution is 1.06. The summed E-state index contributed by atoms with van der Waals surface area (Å²) in [5.74, 6) is 0.852. The standard InChI is InChI=1S/C13H12N2S/c1-7-4-5-10-11(6-7)16-13-8(2)14-9(3)15-12(10)13/h4-6H,1-3H3. The normalized spacial score (nSPS) is 11.4. The van der Waals surface area contributed by atoms with Gasteiger partial charge < -0.3 is 0 Å². The molecule has 0 aliphatic carbocycles. The Morgan fingerprint density at radius 3 is 2.69 bits per heavy atom. The first-order valence-electron chi connectivity index (χ1n) is 5.29. The van der Waals surface area contributed by atoms with Gasteiger partial charge in [-0.1, -0.05) is 12.1 Å². The smallest absolute Gasteiger partial charge is 0.126 e. The van der Waals surface area contributed by atoms with Crippen molar-refractivity contribution in [3.8, 4) is 0 Å². The van der Waals surface area contributed by atoms with Crippen molar-refractivity contribution < 1.29 is 0 Å². The van der Waals surface area contributed by atoms with Crippen LogP contribution in [0.15, 0.2) is 18.2 Å². The van der Waals surface area contributed by atoms with E-state index in [2.05, 4.69) is 42.0 Å². The van der Waals surface area contributed by atoms with E-state index in [1.807, 2.05) is 6.92 Å². The molecule has 0 saturated heterocycles. The lowest BCUT2D eigenvalue weighted by Crippen LogP contribution is -1.89. The third-order valence-electron chi connectivity index (χ3n) is 2.75. The molecule has 3 aromatic rings. The predicted molar refractivity (Wildman–Crippen MR) is 69.1 cm³/mol. The summed E-state index contributed by atoms with van der Waals surface area (Å²) in [6, 6.07) is 6.52. The molecule has 0 radical (unpaired) electrons. The summed E-state index contributed by atoms with van der Waals surface area (Å²) in [6.45, 7) is 6.12. The molecule has 0 spiro atoms. The molecule has 80 valence electrons. The fraction of sp³-hybridized carbons (Fsp3) is 0.231. The molecule has 3 rings (SSSR count). The highest BCUT2D eigenvalue weighted by molar-refractivity contribution is 7.25. The van der Waals surface area contributed by atoms with Gasteiger partial charge in [0.05, 0.1) is 15.9 Å². The lowest BCUT2D eigenvalue weighted by atomic mass is 10.2. The lowest BCUT2D eigenvalue weighted by Gasteiger charge is -1.97. The van der Waals surface area contributed by atoms with Crippen molar-refractivity contribution in [2.75, 3.05) is 0 Å². The van der Waals surface area contributed by atoms with E-state index in [0.29, 0.717) is 0 Å². The number of nitrogens with zero attached hydrogens (tertiary/aromatic N) is 2. The van der Waals surface area contributed by atoms with Gasteiger partial charge in [-0.2, -0.15) is 0 Å². The van der Waals surface area contributed by atoms with E-state index in [-0.39, 0.29) is 0 Å². The monoisotopic (exact) mass is 228 g/mol. The topological polar surface area (TPSA) is 25.8 Å². The summed E-state index contributed by atoms with van der Waals surface area (Å²) >= 11 is 1.79. The number of rotatable bonds is 0. The van der Waals surface area contributed by atoms with Crippen molar-refractivity contribution in [2.45, 2.75) is 20.8 Å². The first kappa shape index (κ1) is 9.73. The van der Waals surface area contributed by atoms with Crippen molar-refractivity contribution in [3.63, 3.8) is 0 Å². The second-order valence-corrected chi connectivity index (χ2v) is 5.19.